The molecule has 0 aromatic carbocycles. The lowest BCUT2D eigenvalue weighted by molar-refractivity contribution is -0.0231. The molecule has 2 fully saturated rings. The fourth-order valence-corrected chi connectivity index (χ4v) is 4.76. The van der Waals surface area contributed by atoms with Gasteiger partial charge in [0.25, 0.3) is 0 Å². The molecule has 0 bridgehead atoms. The monoisotopic (exact) mass is 278 g/mol. The van der Waals surface area contributed by atoms with Crippen LogP contribution in [0.25, 0.3) is 0 Å². The van der Waals surface area contributed by atoms with E-state index in [4.69, 9.17) is 0 Å². The normalized spacial score (nSPS) is 41.0. The van der Waals surface area contributed by atoms with E-state index in [1.54, 1.807) is 0 Å². The number of aliphatic hydroxyl groups is 1. The first kappa shape index (κ1) is 16.1. The zero-order valence-electron chi connectivity index (χ0n) is 14.1. The Morgan fingerprint density at radius 1 is 1.05 bits per heavy atom. The van der Waals surface area contributed by atoms with Crippen molar-refractivity contribution in [3.8, 4) is 0 Å². The summed E-state index contributed by atoms with van der Waals surface area (Å²) in [7, 11) is 0. The molecule has 0 spiro atoms. The van der Waals surface area contributed by atoms with Crippen molar-refractivity contribution in [2.45, 2.75) is 72.8 Å². The number of fused-ring (bicyclic) bond motifs is 1. The van der Waals surface area contributed by atoms with Crippen LogP contribution in [-0.2, 0) is 0 Å². The van der Waals surface area contributed by atoms with Crippen molar-refractivity contribution in [2.24, 2.45) is 35.0 Å². The third-order valence-corrected chi connectivity index (χ3v) is 6.57. The summed E-state index contributed by atoms with van der Waals surface area (Å²) in [6.45, 7) is 11.8. The smallest absolute Gasteiger partial charge is 0.0573 e. The molecular formula is C19H34O. The molecule has 4 unspecified atom stereocenters. The van der Waals surface area contributed by atoms with Crippen LogP contribution < -0.4 is 0 Å². The molecule has 0 amide bonds. The summed E-state index contributed by atoms with van der Waals surface area (Å²) in [4.78, 5) is 0. The largest absolute Gasteiger partial charge is 0.393 e. The van der Waals surface area contributed by atoms with Crippen molar-refractivity contribution >= 4 is 0 Å². The van der Waals surface area contributed by atoms with Gasteiger partial charge in [-0.1, -0.05) is 53.2 Å². The number of hydrogen-bond acceptors (Lipinski definition) is 1. The highest BCUT2D eigenvalue weighted by Gasteiger charge is 2.51. The minimum Gasteiger partial charge on any atom is -0.393 e. The highest BCUT2D eigenvalue weighted by Crippen LogP contribution is 2.57. The van der Waals surface area contributed by atoms with Gasteiger partial charge in [0.2, 0.25) is 0 Å². The van der Waals surface area contributed by atoms with E-state index < -0.39 is 0 Å². The number of allylic oxidation sites excluding steroid dienone is 2. The van der Waals surface area contributed by atoms with Crippen LogP contribution in [0.15, 0.2) is 12.2 Å². The minimum absolute atomic E-state index is 0.0375. The summed E-state index contributed by atoms with van der Waals surface area (Å²) < 4.78 is 0. The number of rotatable bonds is 4. The van der Waals surface area contributed by atoms with Crippen LogP contribution in [-0.4, -0.2) is 11.2 Å². The first-order chi connectivity index (χ1) is 9.36. The lowest BCUT2D eigenvalue weighted by Crippen LogP contribution is -2.41. The SMILES string of the molecule is CC(C)C(C)/C=C/[C@@H](C)C1CC[C@H]2C(O)CCCC12C. The second-order valence-electron chi connectivity index (χ2n) is 8.10. The average molecular weight is 278 g/mol. The predicted octanol–water partition coefficient (Wildman–Crippen LogP) is 5.05. The van der Waals surface area contributed by atoms with Crippen LogP contribution in [0.5, 0.6) is 0 Å². The van der Waals surface area contributed by atoms with E-state index in [1.807, 2.05) is 0 Å². The molecule has 0 radical (unpaired) electrons. The maximum atomic E-state index is 10.3. The predicted molar refractivity (Wildman–Crippen MR) is 86.5 cm³/mol. The molecule has 0 aromatic rings. The fraction of sp³-hybridized carbons (Fsp3) is 0.895. The Labute approximate surface area is 125 Å². The molecule has 6 atom stereocenters. The zero-order chi connectivity index (χ0) is 14.9. The average Bonchev–Trinajstić information content (AvgIpc) is 2.74. The van der Waals surface area contributed by atoms with Gasteiger partial charge in [-0.05, 0) is 60.7 Å². The van der Waals surface area contributed by atoms with E-state index in [-0.39, 0.29) is 6.10 Å². The summed E-state index contributed by atoms with van der Waals surface area (Å²) in [6.07, 6.45) is 10.9. The zero-order valence-corrected chi connectivity index (χ0v) is 14.1. The minimum atomic E-state index is -0.0375. The van der Waals surface area contributed by atoms with E-state index in [0.29, 0.717) is 23.2 Å². The first-order valence-corrected chi connectivity index (χ1v) is 8.72. The van der Waals surface area contributed by atoms with Crippen LogP contribution in [0.3, 0.4) is 0 Å². The molecule has 0 saturated heterocycles. The molecule has 1 nitrogen and oxygen atoms in total. The summed E-state index contributed by atoms with van der Waals surface area (Å²) in [5.41, 5.74) is 0.377. The Morgan fingerprint density at radius 2 is 1.75 bits per heavy atom. The van der Waals surface area contributed by atoms with Gasteiger partial charge in [0.05, 0.1) is 6.10 Å². The van der Waals surface area contributed by atoms with E-state index in [2.05, 4.69) is 46.8 Å². The lowest BCUT2D eigenvalue weighted by atomic mass is 9.62. The summed E-state index contributed by atoms with van der Waals surface area (Å²) in [6, 6.07) is 0. The molecule has 2 aliphatic rings. The van der Waals surface area contributed by atoms with Gasteiger partial charge in [0.1, 0.15) is 0 Å². The number of aliphatic hydroxyl groups excluding tert-OH is 1. The van der Waals surface area contributed by atoms with Gasteiger partial charge in [0.15, 0.2) is 0 Å². The van der Waals surface area contributed by atoms with Crippen molar-refractivity contribution in [2.75, 3.05) is 0 Å². The molecule has 0 aromatic heterocycles. The Balaban J connectivity index is 2.05. The van der Waals surface area contributed by atoms with Gasteiger partial charge in [-0.2, -0.15) is 0 Å². The van der Waals surface area contributed by atoms with Gasteiger partial charge in [-0.25, -0.2) is 0 Å². The van der Waals surface area contributed by atoms with E-state index in [9.17, 15) is 5.11 Å². The molecular weight excluding hydrogens is 244 g/mol. The second kappa shape index (κ2) is 6.22. The molecule has 2 aliphatic carbocycles. The van der Waals surface area contributed by atoms with Crippen LogP contribution >= 0.6 is 0 Å². The van der Waals surface area contributed by atoms with Crippen molar-refractivity contribution in [3.63, 3.8) is 0 Å². The van der Waals surface area contributed by atoms with Crippen molar-refractivity contribution in [1.29, 1.82) is 0 Å². The number of hydrogen-bond donors (Lipinski definition) is 1. The van der Waals surface area contributed by atoms with Crippen molar-refractivity contribution in [3.05, 3.63) is 12.2 Å². The maximum Gasteiger partial charge on any atom is 0.0573 e. The van der Waals surface area contributed by atoms with Crippen molar-refractivity contribution < 1.29 is 5.11 Å². The Hall–Kier alpha value is -0.300. The third kappa shape index (κ3) is 2.98. The molecule has 1 N–H and O–H groups in total. The lowest BCUT2D eigenvalue weighted by Gasteiger charge is -2.44. The van der Waals surface area contributed by atoms with Crippen LogP contribution in [0.1, 0.15) is 66.7 Å². The summed E-state index contributed by atoms with van der Waals surface area (Å²) >= 11 is 0. The third-order valence-electron chi connectivity index (χ3n) is 6.57. The molecule has 20 heavy (non-hydrogen) atoms. The second-order valence-corrected chi connectivity index (χ2v) is 8.10. The Kier molecular flexibility index (Phi) is 5.00. The van der Waals surface area contributed by atoms with Crippen LogP contribution in [0.4, 0.5) is 0 Å². The standard InChI is InChI=1S/C19H34O/c1-13(2)14(3)8-9-15(4)16-10-11-17-18(20)7-6-12-19(16,17)5/h8-9,13-18,20H,6-7,10-12H2,1-5H3/b9-8+/t14?,15-,16?,17+,18?,19?/m1/s1. The summed E-state index contributed by atoms with van der Waals surface area (Å²) in [5.74, 6) is 3.36. The van der Waals surface area contributed by atoms with E-state index >= 15 is 0 Å². The Morgan fingerprint density at radius 3 is 2.40 bits per heavy atom. The fourth-order valence-electron chi connectivity index (χ4n) is 4.76. The van der Waals surface area contributed by atoms with Gasteiger partial charge >= 0.3 is 0 Å². The first-order valence-electron chi connectivity index (χ1n) is 8.72. The maximum absolute atomic E-state index is 10.3. The van der Waals surface area contributed by atoms with Crippen LogP contribution in [0.2, 0.25) is 0 Å². The van der Waals surface area contributed by atoms with Crippen LogP contribution in [0, 0.1) is 35.0 Å². The Bertz CT molecular complexity index is 346. The highest BCUT2D eigenvalue weighted by atomic mass is 16.3. The molecule has 1 heteroatoms. The van der Waals surface area contributed by atoms with Gasteiger partial charge in [-0.3, -0.25) is 0 Å². The topological polar surface area (TPSA) is 20.2 Å². The summed E-state index contributed by atoms with van der Waals surface area (Å²) in [5, 5.41) is 10.3. The molecule has 116 valence electrons. The van der Waals surface area contributed by atoms with E-state index in [1.165, 1.54) is 25.7 Å². The van der Waals surface area contributed by atoms with Gasteiger partial charge in [-0.15, -0.1) is 0 Å². The van der Waals surface area contributed by atoms with Gasteiger partial charge < -0.3 is 5.11 Å². The molecule has 0 aliphatic heterocycles. The molecule has 2 saturated carbocycles. The van der Waals surface area contributed by atoms with E-state index in [0.717, 1.165) is 18.3 Å². The highest BCUT2D eigenvalue weighted by molar-refractivity contribution is 5.05. The quantitative estimate of drug-likeness (QED) is 0.714. The molecule has 2 rings (SSSR count). The van der Waals surface area contributed by atoms with Crippen molar-refractivity contribution in [1.82, 2.24) is 0 Å². The molecule has 0 heterocycles. The van der Waals surface area contributed by atoms with Gasteiger partial charge in [0, 0.05) is 0 Å².